The zero-order valence-corrected chi connectivity index (χ0v) is 11.6. The van der Waals surface area contributed by atoms with Crippen LogP contribution in [0.25, 0.3) is 0 Å². The van der Waals surface area contributed by atoms with Gasteiger partial charge in [-0.2, -0.15) is 0 Å². The average molecular weight is 288 g/mol. The van der Waals surface area contributed by atoms with Crippen molar-refractivity contribution in [2.75, 3.05) is 4.90 Å². The summed E-state index contributed by atoms with van der Waals surface area (Å²) in [4.78, 5) is 24.9. The quantitative estimate of drug-likeness (QED) is 0.629. The molecule has 1 amide bonds. The van der Waals surface area contributed by atoms with Gasteiger partial charge in [0, 0.05) is 17.8 Å². The smallest absolute Gasteiger partial charge is 0.304 e. The molecule has 0 radical (unpaired) electrons. The second-order valence-corrected chi connectivity index (χ2v) is 5.81. The molecule has 0 saturated heterocycles. The molecule has 0 fully saturated rings. The van der Waals surface area contributed by atoms with Crippen LogP contribution in [-0.2, 0) is 6.42 Å². The summed E-state index contributed by atoms with van der Waals surface area (Å²) in [5.41, 5.74) is 2.04. The van der Waals surface area contributed by atoms with Crippen molar-refractivity contribution in [1.29, 1.82) is 0 Å². The van der Waals surface area contributed by atoms with Gasteiger partial charge in [-0.05, 0) is 31.0 Å². The van der Waals surface area contributed by atoms with E-state index >= 15 is 0 Å². The summed E-state index contributed by atoms with van der Waals surface area (Å²) in [6.45, 7) is 1.99. The minimum Gasteiger partial charge on any atom is -0.304 e. The Hall–Kier alpha value is -2.21. The number of thiophene rings is 1. The summed E-state index contributed by atoms with van der Waals surface area (Å²) in [6.07, 6.45) is 0.815. The zero-order valence-electron chi connectivity index (χ0n) is 10.8. The highest BCUT2D eigenvalue weighted by atomic mass is 32.1. The monoisotopic (exact) mass is 288 g/mol. The van der Waals surface area contributed by atoms with E-state index in [4.69, 9.17) is 0 Å². The van der Waals surface area contributed by atoms with Gasteiger partial charge < -0.3 is 4.90 Å². The van der Waals surface area contributed by atoms with E-state index in [-0.39, 0.29) is 17.0 Å². The molecule has 0 unspecified atom stereocenters. The van der Waals surface area contributed by atoms with Gasteiger partial charge in [-0.15, -0.1) is 0 Å². The first-order valence-corrected chi connectivity index (χ1v) is 7.05. The molecule has 0 bridgehead atoms. The van der Waals surface area contributed by atoms with Crippen LogP contribution >= 0.6 is 11.3 Å². The van der Waals surface area contributed by atoms with Crippen LogP contribution in [0.5, 0.6) is 0 Å². The lowest BCUT2D eigenvalue weighted by atomic mass is 10.1. The molecule has 1 aromatic carbocycles. The third-order valence-electron chi connectivity index (χ3n) is 3.41. The number of benzene rings is 1. The van der Waals surface area contributed by atoms with Gasteiger partial charge in [-0.1, -0.05) is 29.5 Å². The summed E-state index contributed by atoms with van der Waals surface area (Å²) >= 11 is 0.922. The number of hydrogen-bond acceptors (Lipinski definition) is 4. The highest BCUT2D eigenvalue weighted by Crippen LogP contribution is 2.35. The Morgan fingerprint density at radius 1 is 1.35 bits per heavy atom. The molecular formula is C14H12N2O3S. The van der Waals surface area contributed by atoms with Crippen LogP contribution in [0.2, 0.25) is 0 Å². The Balaban J connectivity index is 1.96. The minimum atomic E-state index is -0.469. The standard InChI is InChI=1S/C14H12N2O3S/c1-9-8-10-4-2-3-5-11(10)15(9)14(17)12-6-7-13(20-12)16(18)19/h2-7,9H,8H2,1H3/t9-/m1/s1. The van der Waals surface area contributed by atoms with Crippen molar-refractivity contribution in [3.63, 3.8) is 0 Å². The van der Waals surface area contributed by atoms with Gasteiger partial charge in [0.25, 0.3) is 5.91 Å². The van der Waals surface area contributed by atoms with Crippen molar-refractivity contribution in [2.24, 2.45) is 0 Å². The summed E-state index contributed by atoms with van der Waals surface area (Å²) in [5.74, 6) is -0.166. The van der Waals surface area contributed by atoms with Crippen LogP contribution in [0.15, 0.2) is 36.4 Å². The minimum absolute atomic E-state index is 0.00603. The maximum absolute atomic E-state index is 12.6. The molecule has 5 nitrogen and oxygen atoms in total. The molecule has 20 heavy (non-hydrogen) atoms. The molecule has 2 aromatic rings. The highest BCUT2D eigenvalue weighted by molar-refractivity contribution is 7.17. The van der Waals surface area contributed by atoms with Crippen LogP contribution in [-0.4, -0.2) is 16.9 Å². The Morgan fingerprint density at radius 2 is 2.10 bits per heavy atom. The van der Waals surface area contributed by atoms with E-state index in [1.54, 1.807) is 4.90 Å². The molecular weight excluding hydrogens is 276 g/mol. The number of fused-ring (bicyclic) bond motifs is 1. The SMILES string of the molecule is C[C@@H]1Cc2ccccc2N1C(=O)c1ccc([N+](=O)[O-])s1. The van der Waals surface area contributed by atoms with E-state index in [0.29, 0.717) is 4.88 Å². The van der Waals surface area contributed by atoms with Crippen molar-refractivity contribution in [3.8, 4) is 0 Å². The van der Waals surface area contributed by atoms with E-state index < -0.39 is 4.92 Å². The van der Waals surface area contributed by atoms with Gasteiger partial charge in [-0.25, -0.2) is 0 Å². The number of amides is 1. The molecule has 0 spiro atoms. The molecule has 0 saturated carbocycles. The van der Waals surface area contributed by atoms with Crippen LogP contribution in [0, 0.1) is 10.1 Å². The second-order valence-electron chi connectivity index (χ2n) is 4.75. The fourth-order valence-electron chi connectivity index (χ4n) is 2.53. The van der Waals surface area contributed by atoms with E-state index in [1.807, 2.05) is 31.2 Å². The van der Waals surface area contributed by atoms with E-state index in [0.717, 1.165) is 29.0 Å². The van der Waals surface area contributed by atoms with Gasteiger partial charge in [0.05, 0.1) is 9.80 Å². The fraction of sp³-hybridized carbons (Fsp3) is 0.214. The molecule has 102 valence electrons. The van der Waals surface area contributed by atoms with Gasteiger partial charge in [0.1, 0.15) is 0 Å². The van der Waals surface area contributed by atoms with Crippen LogP contribution in [0.3, 0.4) is 0 Å². The Bertz CT molecular complexity index is 695. The van der Waals surface area contributed by atoms with Crippen molar-refractivity contribution >= 4 is 27.9 Å². The van der Waals surface area contributed by atoms with Gasteiger partial charge >= 0.3 is 5.00 Å². The van der Waals surface area contributed by atoms with E-state index in [1.165, 1.54) is 12.1 Å². The topological polar surface area (TPSA) is 63.5 Å². The van der Waals surface area contributed by atoms with Gasteiger partial charge in [0.15, 0.2) is 0 Å². The summed E-state index contributed by atoms with van der Waals surface area (Å²) < 4.78 is 0. The molecule has 3 rings (SSSR count). The van der Waals surface area contributed by atoms with Crippen molar-refractivity contribution in [3.05, 3.63) is 57.0 Å². The third-order valence-corrected chi connectivity index (χ3v) is 4.43. The number of hydrogen-bond donors (Lipinski definition) is 0. The second kappa shape index (κ2) is 4.72. The largest absolute Gasteiger partial charge is 0.324 e. The molecule has 1 aliphatic rings. The maximum atomic E-state index is 12.6. The van der Waals surface area contributed by atoms with Crippen molar-refractivity contribution in [1.82, 2.24) is 0 Å². The number of anilines is 1. The first kappa shape index (κ1) is 12.8. The predicted octanol–water partition coefficient (Wildman–Crippen LogP) is 3.25. The van der Waals surface area contributed by atoms with Crippen molar-refractivity contribution in [2.45, 2.75) is 19.4 Å². The lowest BCUT2D eigenvalue weighted by molar-refractivity contribution is -0.380. The summed E-state index contributed by atoms with van der Waals surface area (Å²) in [5, 5.41) is 10.7. The molecule has 6 heteroatoms. The number of nitro groups is 1. The van der Waals surface area contributed by atoms with E-state index in [2.05, 4.69) is 0 Å². The average Bonchev–Trinajstić information content (AvgIpc) is 3.01. The molecule has 1 aromatic heterocycles. The number of para-hydroxylation sites is 1. The normalized spacial score (nSPS) is 17.1. The summed E-state index contributed by atoms with van der Waals surface area (Å²) in [7, 11) is 0. The summed E-state index contributed by atoms with van der Waals surface area (Å²) in [6, 6.07) is 10.8. The van der Waals surface area contributed by atoms with Crippen LogP contribution in [0.4, 0.5) is 10.7 Å². The highest BCUT2D eigenvalue weighted by Gasteiger charge is 2.32. The van der Waals surface area contributed by atoms with Crippen molar-refractivity contribution < 1.29 is 9.72 Å². The number of carbonyl (C=O) groups excluding carboxylic acids is 1. The number of carbonyl (C=O) groups is 1. The molecule has 1 aliphatic heterocycles. The first-order chi connectivity index (χ1) is 9.58. The Kier molecular flexibility index (Phi) is 3.02. The Labute approximate surface area is 119 Å². The van der Waals surface area contributed by atoms with Crippen LogP contribution < -0.4 is 4.90 Å². The molecule has 1 atom stereocenters. The van der Waals surface area contributed by atoms with Gasteiger partial charge in [0.2, 0.25) is 0 Å². The maximum Gasteiger partial charge on any atom is 0.324 e. The van der Waals surface area contributed by atoms with Crippen LogP contribution in [0.1, 0.15) is 22.2 Å². The van der Waals surface area contributed by atoms with E-state index in [9.17, 15) is 14.9 Å². The van der Waals surface area contributed by atoms with Gasteiger partial charge in [-0.3, -0.25) is 14.9 Å². The molecule has 2 heterocycles. The lowest BCUT2D eigenvalue weighted by Gasteiger charge is -2.21. The third kappa shape index (κ3) is 1.98. The lowest BCUT2D eigenvalue weighted by Crippen LogP contribution is -2.35. The number of nitrogens with zero attached hydrogens (tertiary/aromatic N) is 2. The zero-order chi connectivity index (χ0) is 14.3. The first-order valence-electron chi connectivity index (χ1n) is 6.23. The Morgan fingerprint density at radius 3 is 2.80 bits per heavy atom. The molecule has 0 aliphatic carbocycles. The fourth-order valence-corrected chi connectivity index (χ4v) is 3.29. The number of rotatable bonds is 2. The molecule has 0 N–H and O–H groups in total. The predicted molar refractivity (Wildman–Crippen MR) is 77.4 cm³/mol.